The molecule has 0 saturated heterocycles. The van der Waals surface area contributed by atoms with E-state index in [9.17, 15) is 4.79 Å². The van der Waals surface area contributed by atoms with Crippen molar-refractivity contribution in [3.8, 4) is 11.3 Å². The third kappa shape index (κ3) is 3.09. The molecule has 0 saturated carbocycles. The van der Waals surface area contributed by atoms with E-state index < -0.39 is 0 Å². The van der Waals surface area contributed by atoms with Gasteiger partial charge in [-0.25, -0.2) is 4.98 Å². The number of benzene rings is 2. The van der Waals surface area contributed by atoms with E-state index in [4.69, 9.17) is 0 Å². The lowest BCUT2D eigenvalue weighted by Gasteiger charge is -2.16. The monoisotopic (exact) mass is 326 g/mol. The molecule has 3 heteroatoms. The maximum absolute atomic E-state index is 12.5. The van der Waals surface area contributed by atoms with Crippen LogP contribution in [0.2, 0.25) is 0 Å². The smallest absolute Gasteiger partial charge is 0.191 e. The Hall–Kier alpha value is -3.20. The molecule has 0 N–H and O–H groups in total. The molecule has 2 heterocycles. The number of aryl methyl sites for hydroxylation is 2. The lowest BCUT2D eigenvalue weighted by molar-refractivity contribution is 0.716. The van der Waals surface area contributed by atoms with Gasteiger partial charge in [-0.2, -0.15) is 0 Å². The van der Waals surface area contributed by atoms with Gasteiger partial charge in [0.25, 0.3) is 0 Å². The summed E-state index contributed by atoms with van der Waals surface area (Å²) in [6.45, 7) is 0.766. The van der Waals surface area contributed by atoms with Crippen molar-refractivity contribution in [2.45, 2.75) is 13.0 Å². The Kier molecular flexibility index (Phi) is 4.13. The molecule has 3 nitrogen and oxygen atoms in total. The molecule has 0 radical (unpaired) electrons. The number of hydrogen-bond acceptors (Lipinski definition) is 2. The predicted molar refractivity (Wildman–Crippen MR) is 102 cm³/mol. The van der Waals surface area contributed by atoms with Crippen LogP contribution in [0.3, 0.4) is 0 Å². The number of rotatable bonds is 4. The lowest BCUT2D eigenvalue weighted by atomic mass is 10.1. The van der Waals surface area contributed by atoms with Gasteiger partial charge in [0.1, 0.15) is 5.65 Å². The fraction of sp³-hybridized carbons (Fsp3) is 0.0909. The van der Waals surface area contributed by atoms with Crippen molar-refractivity contribution in [1.82, 2.24) is 9.55 Å². The lowest BCUT2D eigenvalue weighted by Crippen LogP contribution is -2.14. The number of nitrogens with zero attached hydrogens (tertiary/aromatic N) is 2. The molecule has 4 aromatic rings. The number of hydrogen-bond donors (Lipinski definition) is 0. The van der Waals surface area contributed by atoms with E-state index in [1.807, 2.05) is 48.5 Å². The SMILES string of the molecule is O=c1cc(-c2ccccc2)n(CCc2ccccc2)c2ncccc12. The first-order valence-corrected chi connectivity index (χ1v) is 8.41. The van der Waals surface area contributed by atoms with Crippen LogP contribution in [-0.2, 0) is 13.0 Å². The summed E-state index contributed by atoms with van der Waals surface area (Å²) in [5, 5.41) is 0.662. The summed E-state index contributed by atoms with van der Waals surface area (Å²) in [5.41, 5.74) is 3.96. The van der Waals surface area contributed by atoms with Gasteiger partial charge in [0.05, 0.1) is 11.1 Å². The van der Waals surface area contributed by atoms with Crippen LogP contribution in [-0.4, -0.2) is 9.55 Å². The molecule has 122 valence electrons. The van der Waals surface area contributed by atoms with Gasteiger partial charge >= 0.3 is 0 Å². The molecule has 0 aliphatic rings. The Morgan fingerprint density at radius 2 is 1.56 bits per heavy atom. The van der Waals surface area contributed by atoms with Crippen LogP contribution in [0.4, 0.5) is 0 Å². The highest BCUT2D eigenvalue weighted by Crippen LogP contribution is 2.22. The van der Waals surface area contributed by atoms with Crippen LogP contribution in [0, 0.1) is 0 Å². The van der Waals surface area contributed by atoms with Crippen molar-refractivity contribution < 1.29 is 0 Å². The summed E-state index contributed by atoms with van der Waals surface area (Å²) in [5.74, 6) is 0. The highest BCUT2D eigenvalue weighted by Gasteiger charge is 2.11. The molecule has 0 amide bonds. The third-order valence-electron chi connectivity index (χ3n) is 4.40. The molecule has 4 rings (SSSR count). The van der Waals surface area contributed by atoms with Gasteiger partial charge < -0.3 is 4.57 Å². The van der Waals surface area contributed by atoms with Crippen LogP contribution >= 0.6 is 0 Å². The van der Waals surface area contributed by atoms with Gasteiger partial charge in [-0.3, -0.25) is 4.79 Å². The molecule has 2 aromatic carbocycles. The van der Waals surface area contributed by atoms with E-state index in [1.54, 1.807) is 12.3 Å². The summed E-state index contributed by atoms with van der Waals surface area (Å²) in [4.78, 5) is 17.0. The van der Waals surface area contributed by atoms with E-state index in [2.05, 4.69) is 33.8 Å². The van der Waals surface area contributed by atoms with Crippen molar-refractivity contribution in [3.05, 3.63) is 101 Å². The Bertz CT molecular complexity index is 1050. The maximum atomic E-state index is 12.5. The highest BCUT2D eigenvalue weighted by atomic mass is 16.1. The average molecular weight is 326 g/mol. The predicted octanol–water partition coefficient (Wildman–Crippen LogP) is 4.31. The van der Waals surface area contributed by atoms with Crippen LogP contribution in [0.25, 0.3) is 22.3 Å². The first-order valence-electron chi connectivity index (χ1n) is 8.41. The Morgan fingerprint density at radius 3 is 2.32 bits per heavy atom. The fourth-order valence-electron chi connectivity index (χ4n) is 3.16. The van der Waals surface area contributed by atoms with Gasteiger partial charge in [0, 0.05) is 18.8 Å². The number of fused-ring (bicyclic) bond motifs is 1. The number of pyridine rings is 2. The van der Waals surface area contributed by atoms with E-state index in [0.29, 0.717) is 5.39 Å². The van der Waals surface area contributed by atoms with E-state index in [1.165, 1.54) is 5.56 Å². The molecular formula is C22H18N2O. The normalized spacial score (nSPS) is 10.9. The molecule has 0 aliphatic heterocycles. The first kappa shape index (κ1) is 15.3. The van der Waals surface area contributed by atoms with Crippen LogP contribution in [0.1, 0.15) is 5.56 Å². The van der Waals surface area contributed by atoms with E-state index in [0.717, 1.165) is 29.9 Å². The van der Waals surface area contributed by atoms with Crippen molar-refractivity contribution in [1.29, 1.82) is 0 Å². The van der Waals surface area contributed by atoms with Gasteiger partial charge in [0.2, 0.25) is 0 Å². The largest absolute Gasteiger partial charge is 0.325 e. The second-order valence-electron chi connectivity index (χ2n) is 6.02. The minimum absolute atomic E-state index is 0.0120. The fourth-order valence-corrected chi connectivity index (χ4v) is 3.16. The number of aromatic nitrogens is 2. The van der Waals surface area contributed by atoms with Crippen molar-refractivity contribution in [2.24, 2.45) is 0 Å². The molecule has 0 bridgehead atoms. The summed E-state index contributed by atoms with van der Waals surface area (Å²) in [6, 6.07) is 25.8. The molecule has 0 fully saturated rings. The second-order valence-corrected chi connectivity index (χ2v) is 6.02. The van der Waals surface area contributed by atoms with Gasteiger partial charge in [0.15, 0.2) is 5.43 Å². The highest BCUT2D eigenvalue weighted by molar-refractivity contribution is 5.79. The van der Waals surface area contributed by atoms with E-state index >= 15 is 0 Å². The standard InChI is InChI=1S/C22H18N2O/c25-21-16-20(18-10-5-2-6-11-18)24(22-19(21)12-7-14-23-22)15-13-17-8-3-1-4-9-17/h1-12,14,16H,13,15H2. The first-order chi connectivity index (χ1) is 12.3. The zero-order valence-electron chi connectivity index (χ0n) is 13.8. The third-order valence-corrected chi connectivity index (χ3v) is 4.40. The summed E-state index contributed by atoms with van der Waals surface area (Å²) in [6.07, 6.45) is 2.63. The molecule has 0 atom stereocenters. The topological polar surface area (TPSA) is 34.9 Å². The molecular weight excluding hydrogens is 308 g/mol. The quantitative estimate of drug-likeness (QED) is 0.560. The van der Waals surface area contributed by atoms with Crippen molar-refractivity contribution in [3.63, 3.8) is 0 Å². The second kappa shape index (κ2) is 6.73. The van der Waals surface area contributed by atoms with Crippen LogP contribution in [0.15, 0.2) is 89.9 Å². The zero-order valence-corrected chi connectivity index (χ0v) is 13.8. The molecule has 0 aliphatic carbocycles. The van der Waals surface area contributed by atoms with Crippen molar-refractivity contribution >= 4 is 11.0 Å². The van der Waals surface area contributed by atoms with E-state index in [-0.39, 0.29) is 5.43 Å². The van der Waals surface area contributed by atoms with Gasteiger partial charge in [-0.05, 0) is 29.7 Å². The minimum atomic E-state index is 0.0120. The Morgan fingerprint density at radius 1 is 0.840 bits per heavy atom. The summed E-state index contributed by atoms with van der Waals surface area (Å²) in [7, 11) is 0. The molecule has 25 heavy (non-hydrogen) atoms. The molecule has 0 unspecified atom stereocenters. The minimum Gasteiger partial charge on any atom is -0.325 e. The van der Waals surface area contributed by atoms with Gasteiger partial charge in [-0.1, -0.05) is 60.7 Å². The molecule has 2 aromatic heterocycles. The van der Waals surface area contributed by atoms with Crippen LogP contribution < -0.4 is 5.43 Å². The van der Waals surface area contributed by atoms with Crippen molar-refractivity contribution in [2.75, 3.05) is 0 Å². The molecule has 0 spiro atoms. The van der Waals surface area contributed by atoms with Gasteiger partial charge in [-0.15, -0.1) is 0 Å². The average Bonchev–Trinajstić information content (AvgIpc) is 2.69. The summed E-state index contributed by atoms with van der Waals surface area (Å²) < 4.78 is 2.15. The summed E-state index contributed by atoms with van der Waals surface area (Å²) >= 11 is 0. The zero-order chi connectivity index (χ0) is 17.1. The van der Waals surface area contributed by atoms with Crippen LogP contribution in [0.5, 0.6) is 0 Å². The Labute approximate surface area is 146 Å². The Balaban J connectivity index is 1.87. The maximum Gasteiger partial charge on any atom is 0.191 e.